The summed E-state index contributed by atoms with van der Waals surface area (Å²) in [6.45, 7) is 5.43. The lowest BCUT2D eigenvalue weighted by Gasteiger charge is -2.28. The van der Waals surface area contributed by atoms with E-state index in [0.29, 0.717) is 12.1 Å². The molecule has 2 N–H and O–H groups in total. The minimum atomic E-state index is -3.64. The van der Waals surface area contributed by atoms with Crippen LogP contribution in [0.4, 0.5) is 5.69 Å². The number of fused-ring (bicyclic) bond motifs is 2. The quantitative estimate of drug-likeness (QED) is 0.702. The van der Waals surface area contributed by atoms with Gasteiger partial charge in [-0.25, -0.2) is 8.42 Å². The highest BCUT2D eigenvalue weighted by molar-refractivity contribution is 7.90. The van der Waals surface area contributed by atoms with Crippen molar-refractivity contribution in [3.8, 4) is 0 Å². The van der Waals surface area contributed by atoms with Gasteiger partial charge >= 0.3 is 0 Å². The maximum Gasteiger partial charge on any atom is 0.263 e. The Bertz CT molecular complexity index is 1160. The molecular formula is C24H30N4O3S. The zero-order chi connectivity index (χ0) is 22.9. The summed E-state index contributed by atoms with van der Waals surface area (Å²) in [5, 5.41) is 3.01. The van der Waals surface area contributed by atoms with Crippen LogP contribution in [0, 0.1) is 5.92 Å². The number of hydrogen-bond donors (Lipinski definition) is 2. The second-order valence-electron chi connectivity index (χ2n) is 8.62. The molecule has 2 aliphatic rings. The van der Waals surface area contributed by atoms with Gasteiger partial charge < -0.3 is 10.2 Å². The Labute approximate surface area is 190 Å². The van der Waals surface area contributed by atoms with Crippen LogP contribution in [-0.2, 0) is 27.8 Å². The molecule has 0 unspecified atom stereocenters. The fourth-order valence-electron chi connectivity index (χ4n) is 4.28. The number of carbonyl (C=O) groups is 1. The largest absolute Gasteiger partial charge is 0.374 e. The van der Waals surface area contributed by atoms with E-state index in [1.54, 1.807) is 24.3 Å². The molecule has 0 fully saturated rings. The molecule has 2 heterocycles. The predicted molar refractivity (Wildman–Crippen MR) is 126 cm³/mol. The molecule has 0 saturated heterocycles. The number of amides is 1. The summed E-state index contributed by atoms with van der Waals surface area (Å²) in [6.07, 6.45) is 2.92. The van der Waals surface area contributed by atoms with E-state index >= 15 is 0 Å². The van der Waals surface area contributed by atoms with Crippen LogP contribution in [0.2, 0.25) is 0 Å². The SMILES string of the molecule is CC[C@H](C)[C@H](N=C1NS(=O)(=O)c2ccccc21)C(=O)NCc1ccc2c(c1)CCCN2C. The number of nitrogens with zero attached hydrogens (tertiary/aromatic N) is 2. The smallest absolute Gasteiger partial charge is 0.263 e. The van der Waals surface area contributed by atoms with Crippen molar-refractivity contribution in [2.45, 2.75) is 50.6 Å². The molecule has 170 valence electrons. The number of aliphatic imine (C=N–C) groups is 1. The highest BCUT2D eigenvalue weighted by Gasteiger charge is 2.33. The standard InChI is InChI=1S/C24H30N4O3S/c1-4-16(2)22(26-23-19-9-5-6-10-21(19)32(30,31)27-23)24(29)25-15-17-11-12-20-18(14-17)8-7-13-28(20)3/h5-6,9-12,14,16,22H,4,7-8,13,15H2,1-3H3,(H,25,29)(H,26,27)/t16-,22-/m0/s1. The van der Waals surface area contributed by atoms with Crippen LogP contribution in [0.3, 0.4) is 0 Å². The van der Waals surface area contributed by atoms with Gasteiger partial charge in [0.05, 0.1) is 4.90 Å². The Hall–Kier alpha value is -2.87. The first-order valence-electron chi connectivity index (χ1n) is 11.1. The van der Waals surface area contributed by atoms with Crippen LogP contribution in [0.25, 0.3) is 0 Å². The van der Waals surface area contributed by atoms with E-state index in [0.717, 1.165) is 31.4 Å². The summed E-state index contributed by atoms with van der Waals surface area (Å²) in [7, 11) is -1.54. The third-order valence-electron chi connectivity index (χ3n) is 6.34. The molecule has 1 amide bonds. The molecule has 8 heteroatoms. The van der Waals surface area contributed by atoms with Crippen molar-refractivity contribution >= 4 is 27.5 Å². The number of rotatable bonds is 6. The van der Waals surface area contributed by atoms with Crippen molar-refractivity contribution < 1.29 is 13.2 Å². The molecule has 0 aromatic heterocycles. The van der Waals surface area contributed by atoms with E-state index in [1.165, 1.54) is 11.3 Å². The van der Waals surface area contributed by atoms with Gasteiger partial charge in [0.2, 0.25) is 5.91 Å². The average molecular weight is 455 g/mol. The van der Waals surface area contributed by atoms with Crippen LogP contribution < -0.4 is 14.9 Å². The second-order valence-corrected chi connectivity index (χ2v) is 10.3. The van der Waals surface area contributed by atoms with Gasteiger partial charge in [0.1, 0.15) is 11.9 Å². The van der Waals surface area contributed by atoms with Gasteiger partial charge in [-0.2, -0.15) is 0 Å². The number of hydrogen-bond acceptors (Lipinski definition) is 5. The first-order valence-corrected chi connectivity index (χ1v) is 12.6. The Morgan fingerprint density at radius 1 is 1.25 bits per heavy atom. The molecule has 2 aliphatic heterocycles. The summed E-state index contributed by atoms with van der Waals surface area (Å²) in [4.78, 5) is 20.2. The minimum Gasteiger partial charge on any atom is -0.374 e. The normalized spacial score (nSPS) is 19.6. The van der Waals surface area contributed by atoms with Crippen LogP contribution >= 0.6 is 0 Å². The van der Waals surface area contributed by atoms with Crippen molar-refractivity contribution in [2.24, 2.45) is 10.9 Å². The molecule has 2 atom stereocenters. The monoisotopic (exact) mass is 454 g/mol. The van der Waals surface area contributed by atoms with E-state index in [9.17, 15) is 13.2 Å². The van der Waals surface area contributed by atoms with Crippen molar-refractivity contribution in [3.05, 3.63) is 59.2 Å². The third kappa shape index (κ3) is 4.37. The topological polar surface area (TPSA) is 90.9 Å². The van der Waals surface area contributed by atoms with Crippen LogP contribution in [-0.4, -0.2) is 39.8 Å². The predicted octanol–water partition coefficient (Wildman–Crippen LogP) is 2.84. The number of nitrogens with one attached hydrogen (secondary N) is 2. The van der Waals surface area contributed by atoms with Crippen molar-refractivity contribution in [1.29, 1.82) is 0 Å². The second kappa shape index (κ2) is 8.94. The first-order chi connectivity index (χ1) is 15.3. The van der Waals surface area contributed by atoms with Crippen molar-refractivity contribution in [1.82, 2.24) is 10.0 Å². The number of amidine groups is 1. The van der Waals surface area contributed by atoms with Gasteiger partial charge in [-0.3, -0.25) is 14.5 Å². The number of carbonyl (C=O) groups excluding carboxylic acids is 1. The van der Waals surface area contributed by atoms with Gasteiger partial charge in [-0.1, -0.05) is 44.5 Å². The van der Waals surface area contributed by atoms with Gasteiger partial charge in [0.15, 0.2) is 0 Å². The zero-order valence-electron chi connectivity index (χ0n) is 18.8. The molecule has 32 heavy (non-hydrogen) atoms. The van der Waals surface area contributed by atoms with E-state index in [-0.39, 0.29) is 22.6 Å². The Balaban J connectivity index is 1.53. The minimum absolute atomic E-state index is 0.0445. The van der Waals surface area contributed by atoms with Crippen LogP contribution in [0.5, 0.6) is 0 Å². The van der Waals surface area contributed by atoms with Gasteiger partial charge in [0.25, 0.3) is 10.0 Å². The zero-order valence-corrected chi connectivity index (χ0v) is 19.6. The number of benzene rings is 2. The van der Waals surface area contributed by atoms with Crippen molar-refractivity contribution in [3.63, 3.8) is 0 Å². The van der Waals surface area contributed by atoms with E-state index < -0.39 is 16.1 Å². The molecule has 0 aliphatic carbocycles. The lowest BCUT2D eigenvalue weighted by atomic mass is 9.98. The summed E-state index contributed by atoms with van der Waals surface area (Å²) in [6, 6.07) is 12.3. The molecule has 0 saturated carbocycles. The lowest BCUT2D eigenvalue weighted by Crippen LogP contribution is -2.39. The summed E-state index contributed by atoms with van der Waals surface area (Å²) < 4.78 is 27.3. The average Bonchev–Trinajstić information content (AvgIpc) is 3.05. The van der Waals surface area contributed by atoms with E-state index in [2.05, 4.69) is 39.1 Å². The van der Waals surface area contributed by atoms with Crippen LogP contribution in [0.1, 0.15) is 43.4 Å². The summed E-state index contributed by atoms with van der Waals surface area (Å²) in [5.74, 6) is -0.0138. The maximum absolute atomic E-state index is 13.1. The first kappa shape index (κ1) is 22.3. The fraction of sp³-hybridized carbons (Fsp3) is 0.417. The number of anilines is 1. The van der Waals surface area contributed by atoms with E-state index in [4.69, 9.17) is 0 Å². The molecule has 0 spiro atoms. The van der Waals surface area contributed by atoms with Crippen LogP contribution in [0.15, 0.2) is 52.4 Å². The van der Waals surface area contributed by atoms with Gasteiger partial charge in [-0.05, 0) is 48.1 Å². The Morgan fingerprint density at radius 3 is 2.81 bits per heavy atom. The lowest BCUT2D eigenvalue weighted by molar-refractivity contribution is -0.123. The van der Waals surface area contributed by atoms with Gasteiger partial charge in [-0.15, -0.1) is 0 Å². The van der Waals surface area contributed by atoms with Gasteiger partial charge in [0, 0.05) is 31.4 Å². The third-order valence-corrected chi connectivity index (χ3v) is 7.74. The van der Waals surface area contributed by atoms with E-state index in [1.807, 2.05) is 19.9 Å². The molecule has 7 nitrogen and oxygen atoms in total. The highest BCUT2D eigenvalue weighted by Crippen LogP contribution is 2.27. The van der Waals surface area contributed by atoms with Crippen molar-refractivity contribution in [2.75, 3.05) is 18.5 Å². The Morgan fingerprint density at radius 2 is 2.03 bits per heavy atom. The molecule has 2 aromatic carbocycles. The molecule has 0 radical (unpaired) electrons. The molecular weight excluding hydrogens is 424 g/mol. The molecule has 2 aromatic rings. The number of aryl methyl sites for hydroxylation is 1. The molecule has 0 bridgehead atoms. The summed E-state index contributed by atoms with van der Waals surface area (Å²) in [5.41, 5.74) is 4.12. The summed E-state index contributed by atoms with van der Waals surface area (Å²) >= 11 is 0. The maximum atomic E-state index is 13.1. The number of sulfonamides is 1. The highest BCUT2D eigenvalue weighted by atomic mass is 32.2. The molecule has 4 rings (SSSR count). The Kier molecular flexibility index (Phi) is 6.24. The fourth-order valence-corrected chi connectivity index (χ4v) is 5.52.